The van der Waals surface area contributed by atoms with E-state index in [2.05, 4.69) is 15.2 Å². The van der Waals surface area contributed by atoms with E-state index in [9.17, 15) is 0 Å². The molecule has 0 spiro atoms. The number of rotatable bonds is 4. The van der Waals surface area contributed by atoms with E-state index in [1.807, 2.05) is 25.1 Å². The van der Waals surface area contributed by atoms with Crippen LogP contribution in [0, 0.1) is 0 Å². The number of nitrogens with zero attached hydrogens (tertiary/aromatic N) is 4. The van der Waals surface area contributed by atoms with Gasteiger partial charge in [0.25, 0.3) is 0 Å². The largest absolute Gasteiger partial charge is 0.353 e. The topological polar surface area (TPSA) is 41.9 Å². The zero-order valence-corrected chi connectivity index (χ0v) is 11.8. The summed E-state index contributed by atoms with van der Waals surface area (Å²) >= 11 is 8.96. The Labute approximate surface area is 113 Å². The lowest BCUT2D eigenvalue weighted by molar-refractivity contribution is 0.972. The molecule has 0 aliphatic carbocycles. The number of thioether (sulfide) groups is 1. The smallest absolute Gasteiger partial charge is 0.208 e. The Bertz CT molecular complexity index is 483. The summed E-state index contributed by atoms with van der Waals surface area (Å²) in [5.74, 6) is 0.826. The third kappa shape index (κ3) is 3.55. The molecule has 0 fully saturated rings. The molecular weight excluding hydrogens is 276 g/mol. The van der Waals surface area contributed by atoms with Crippen LogP contribution < -0.4 is 4.90 Å². The predicted molar refractivity (Wildman–Crippen MR) is 73.0 cm³/mol. The number of hydrogen-bond acceptors (Lipinski definition) is 6. The van der Waals surface area contributed by atoms with Gasteiger partial charge in [-0.2, -0.15) is 0 Å². The van der Waals surface area contributed by atoms with Crippen LogP contribution >= 0.6 is 34.7 Å². The maximum atomic E-state index is 5.72. The van der Waals surface area contributed by atoms with Gasteiger partial charge in [-0.3, -0.25) is 0 Å². The van der Waals surface area contributed by atoms with Gasteiger partial charge in [0.1, 0.15) is 5.15 Å². The van der Waals surface area contributed by atoms with E-state index in [4.69, 9.17) is 11.6 Å². The summed E-state index contributed by atoms with van der Waals surface area (Å²) < 4.78 is 0.962. The van der Waals surface area contributed by atoms with Crippen molar-refractivity contribution in [1.82, 2.24) is 15.2 Å². The van der Waals surface area contributed by atoms with Crippen LogP contribution in [0.5, 0.6) is 0 Å². The Morgan fingerprint density at radius 2 is 2.18 bits per heavy atom. The number of halogens is 1. The lowest BCUT2D eigenvalue weighted by Gasteiger charge is -2.03. The van der Waals surface area contributed by atoms with Crippen molar-refractivity contribution >= 4 is 39.8 Å². The van der Waals surface area contributed by atoms with E-state index in [0.29, 0.717) is 5.15 Å². The van der Waals surface area contributed by atoms with Crippen molar-refractivity contribution in [3.63, 3.8) is 0 Å². The van der Waals surface area contributed by atoms with Crippen molar-refractivity contribution in [2.45, 2.75) is 10.1 Å². The van der Waals surface area contributed by atoms with E-state index in [1.165, 1.54) is 0 Å². The van der Waals surface area contributed by atoms with Crippen LogP contribution in [0.4, 0.5) is 5.13 Å². The van der Waals surface area contributed by atoms with Crippen molar-refractivity contribution in [3.05, 3.63) is 29.0 Å². The molecule has 17 heavy (non-hydrogen) atoms. The van der Waals surface area contributed by atoms with E-state index in [1.54, 1.807) is 35.4 Å². The molecular formula is C10H11ClN4S2. The Morgan fingerprint density at radius 3 is 2.76 bits per heavy atom. The monoisotopic (exact) mass is 286 g/mol. The third-order valence-electron chi connectivity index (χ3n) is 1.93. The second kappa shape index (κ2) is 5.66. The van der Waals surface area contributed by atoms with Crippen molar-refractivity contribution < 1.29 is 0 Å². The van der Waals surface area contributed by atoms with E-state index < -0.39 is 0 Å². The summed E-state index contributed by atoms with van der Waals surface area (Å²) in [5, 5.41) is 9.63. The minimum Gasteiger partial charge on any atom is -0.353 e. The molecule has 0 amide bonds. The minimum atomic E-state index is 0.518. The van der Waals surface area contributed by atoms with Gasteiger partial charge in [-0.15, -0.1) is 10.2 Å². The second-order valence-corrected chi connectivity index (χ2v) is 6.09. The van der Waals surface area contributed by atoms with Gasteiger partial charge in [0.15, 0.2) is 4.34 Å². The van der Waals surface area contributed by atoms with Crippen LogP contribution in [0.25, 0.3) is 0 Å². The van der Waals surface area contributed by atoms with Gasteiger partial charge >= 0.3 is 0 Å². The number of anilines is 1. The fourth-order valence-electron chi connectivity index (χ4n) is 1.08. The molecule has 90 valence electrons. The molecule has 0 bridgehead atoms. The summed E-state index contributed by atoms with van der Waals surface area (Å²) in [6.45, 7) is 0. The Hall–Kier alpha value is -0.850. The zero-order valence-electron chi connectivity index (χ0n) is 9.42. The van der Waals surface area contributed by atoms with E-state index >= 15 is 0 Å². The van der Waals surface area contributed by atoms with Gasteiger partial charge in [-0.05, 0) is 11.6 Å². The highest BCUT2D eigenvalue weighted by atomic mass is 35.5. The summed E-state index contributed by atoms with van der Waals surface area (Å²) in [6.07, 6.45) is 1.78. The molecule has 7 heteroatoms. The fourth-order valence-corrected chi connectivity index (χ4v) is 2.89. The average molecular weight is 287 g/mol. The number of hydrogen-bond donors (Lipinski definition) is 0. The highest BCUT2D eigenvalue weighted by Gasteiger charge is 2.06. The molecule has 2 rings (SSSR count). The minimum absolute atomic E-state index is 0.518. The summed E-state index contributed by atoms with van der Waals surface area (Å²) in [5.41, 5.74) is 1.13. The van der Waals surface area contributed by atoms with E-state index in [0.717, 1.165) is 20.8 Å². The first kappa shape index (κ1) is 12.6. The Balaban J connectivity index is 1.95. The molecule has 2 heterocycles. The van der Waals surface area contributed by atoms with Crippen molar-refractivity contribution in [1.29, 1.82) is 0 Å². The maximum Gasteiger partial charge on any atom is 0.208 e. The standard InChI is InChI=1S/C10H11ClN4S2/c1-15(2)9-13-14-10(17-9)16-6-7-3-4-8(11)12-5-7/h3-5H,6H2,1-2H3. The van der Waals surface area contributed by atoms with Gasteiger partial charge in [0.05, 0.1) is 0 Å². The summed E-state index contributed by atoms with van der Waals surface area (Å²) in [6, 6.07) is 3.76. The number of pyridine rings is 1. The van der Waals surface area contributed by atoms with Crippen LogP contribution in [0.1, 0.15) is 5.56 Å². The first-order valence-corrected chi connectivity index (χ1v) is 7.07. The van der Waals surface area contributed by atoms with Crippen LogP contribution in [0.2, 0.25) is 5.15 Å². The molecule has 0 saturated carbocycles. The normalized spacial score (nSPS) is 10.5. The molecule has 2 aromatic heterocycles. The fraction of sp³-hybridized carbons (Fsp3) is 0.300. The molecule has 0 unspecified atom stereocenters. The Morgan fingerprint density at radius 1 is 1.35 bits per heavy atom. The molecule has 0 aromatic carbocycles. The van der Waals surface area contributed by atoms with Crippen molar-refractivity contribution in [2.75, 3.05) is 19.0 Å². The highest BCUT2D eigenvalue weighted by molar-refractivity contribution is 8.00. The molecule has 0 aliphatic heterocycles. The summed E-state index contributed by atoms with van der Waals surface area (Å²) in [4.78, 5) is 5.99. The molecule has 0 radical (unpaired) electrons. The van der Waals surface area contributed by atoms with Gasteiger partial charge in [-0.1, -0.05) is 40.8 Å². The van der Waals surface area contributed by atoms with Crippen molar-refractivity contribution in [2.24, 2.45) is 0 Å². The van der Waals surface area contributed by atoms with Crippen molar-refractivity contribution in [3.8, 4) is 0 Å². The molecule has 0 atom stereocenters. The zero-order chi connectivity index (χ0) is 12.3. The average Bonchev–Trinajstić information content (AvgIpc) is 2.77. The first-order valence-electron chi connectivity index (χ1n) is 4.89. The molecule has 0 N–H and O–H groups in total. The second-order valence-electron chi connectivity index (χ2n) is 3.52. The van der Waals surface area contributed by atoms with Crippen LogP contribution in [0.3, 0.4) is 0 Å². The highest BCUT2D eigenvalue weighted by Crippen LogP contribution is 2.29. The first-order chi connectivity index (χ1) is 8.15. The number of aromatic nitrogens is 3. The Kier molecular flexibility index (Phi) is 4.20. The van der Waals surface area contributed by atoms with Crippen LogP contribution in [-0.2, 0) is 5.75 Å². The lowest BCUT2D eigenvalue weighted by atomic mass is 10.3. The maximum absolute atomic E-state index is 5.72. The lowest BCUT2D eigenvalue weighted by Crippen LogP contribution is -2.07. The van der Waals surface area contributed by atoms with E-state index in [-0.39, 0.29) is 0 Å². The SMILES string of the molecule is CN(C)c1nnc(SCc2ccc(Cl)nc2)s1. The molecule has 2 aromatic rings. The van der Waals surface area contributed by atoms with Gasteiger partial charge in [0, 0.05) is 26.0 Å². The van der Waals surface area contributed by atoms with Gasteiger partial charge < -0.3 is 4.90 Å². The predicted octanol–water partition coefficient (Wildman–Crippen LogP) is 2.94. The quantitative estimate of drug-likeness (QED) is 0.638. The van der Waals surface area contributed by atoms with Gasteiger partial charge in [-0.25, -0.2) is 4.98 Å². The molecule has 0 aliphatic rings. The van der Waals surface area contributed by atoms with Crippen LogP contribution in [-0.4, -0.2) is 29.3 Å². The van der Waals surface area contributed by atoms with Gasteiger partial charge in [0.2, 0.25) is 5.13 Å². The third-order valence-corrected chi connectivity index (χ3v) is 4.45. The summed E-state index contributed by atoms with van der Waals surface area (Å²) in [7, 11) is 3.91. The van der Waals surface area contributed by atoms with Crippen LogP contribution in [0.15, 0.2) is 22.7 Å². The molecule has 0 saturated heterocycles. The molecule has 4 nitrogen and oxygen atoms in total.